The van der Waals surface area contributed by atoms with Gasteiger partial charge in [0.1, 0.15) is 12.7 Å². The highest BCUT2D eigenvalue weighted by Crippen LogP contribution is 2.42. The van der Waals surface area contributed by atoms with Gasteiger partial charge in [0, 0.05) is 28.1 Å². The van der Waals surface area contributed by atoms with Gasteiger partial charge in [-0.1, -0.05) is 127 Å². The first-order valence-corrected chi connectivity index (χ1v) is 14.1. The Bertz CT molecular complexity index is 1930. The Morgan fingerprint density at radius 2 is 1.02 bits per heavy atom. The minimum Gasteiger partial charge on any atom is -0.303 e. The Kier molecular flexibility index (Phi) is 6.29. The van der Waals surface area contributed by atoms with Crippen LogP contribution in [0.15, 0.2) is 152 Å². The largest absolute Gasteiger partial charge is 0.303 e. The highest BCUT2D eigenvalue weighted by atomic mass is 15.0. The zero-order valence-electron chi connectivity index (χ0n) is 23.3. The Morgan fingerprint density at radius 3 is 1.61 bits per heavy atom. The van der Waals surface area contributed by atoms with Crippen molar-refractivity contribution in [3.05, 3.63) is 157 Å². The third-order valence-electron chi connectivity index (χ3n) is 8.04. The van der Waals surface area contributed by atoms with Crippen LogP contribution in [0.5, 0.6) is 0 Å². The third kappa shape index (κ3) is 4.34. The van der Waals surface area contributed by atoms with Gasteiger partial charge in [-0.15, -0.1) is 0 Å². The number of pyridine rings is 1. The normalized spacial score (nSPS) is 11.2. The van der Waals surface area contributed by atoms with Crippen LogP contribution in [0.1, 0.15) is 5.56 Å². The summed E-state index contributed by atoms with van der Waals surface area (Å²) in [6.45, 7) is 2.26. The zero-order chi connectivity index (χ0) is 27.8. The van der Waals surface area contributed by atoms with Crippen molar-refractivity contribution in [2.24, 2.45) is 7.05 Å². The highest BCUT2D eigenvalue weighted by molar-refractivity contribution is 5.97. The molecule has 7 rings (SSSR count). The third-order valence-corrected chi connectivity index (χ3v) is 8.04. The second-order valence-electron chi connectivity index (χ2n) is 10.5. The number of fused-ring (bicyclic) bond motifs is 1. The van der Waals surface area contributed by atoms with Gasteiger partial charge in [-0.3, -0.25) is 0 Å². The van der Waals surface area contributed by atoms with Crippen LogP contribution in [0.25, 0.3) is 61.4 Å². The van der Waals surface area contributed by atoms with Crippen LogP contribution < -0.4 is 4.57 Å². The van der Waals surface area contributed by atoms with Gasteiger partial charge in [-0.2, -0.15) is 4.57 Å². The molecule has 41 heavy (non-hydrogen) atoms. The number of aromatic nitrogens is 2. The molecule has 5 aromatic carbocycles. The summed E-state index contributed by atoms with van der Waals surface area (Å²) in [6, 6.07) is 52.1. The van der Waals surface area contributed by atoms with Crippen LogP contribution in [-0.2, 0) is 7.05 Å². The summed E-state index contributed by atoms with van der Waals surface area (Å²) < 4.78 is 4.76. The molecule has 0 aliphatic rings. The van der Waals surface area contributed by atoms with E-state index in [1.54, 1.807) is 0 Å². The molecule has 0 atom stereocenters. The predicted molar refractivity (Wildman–Crippen MR) is 171 cm³/mol. The van der Waals surface area contributed by atoms with Crippen molar-refractivity contribution in [2.75, 3.05) is 0 Å². The lowest BCUT2D eigenvalue weighted by atomic mass is 9.95. The maximum Gasteiger partial charge on any atom is 0.229 e. The van der Waals surface area contributed by atoms with E-state index in [1.165, 1.54) is 66.9 Å². The minimum atomic E-state index is 1.17. The molecule has 0 aliphatic heterocycles. The molecule has 196 valence electrons. The van der Waals surface area contributed by atoms with Gasteiger partial charge in [0.2, 0.25) is 5.69 Å². The van der Waals surface area contributed by atoms with Crippen LogP contribution in [0.3, 0.4) is 0 Å². The molecule has 7 aromatic rings. The minimum absolute atomic E-state index is 1.17. The van der Waals surface area contributed by atoms with E-state index in [0.29, 0.717) is 0 Å². The number of rotatable bonds is 5. The number of para-hydroxylation sites is 2. The monoisotopic (exact) mass is 527 g/mol. The molecule has 2 aromatic heterocycles. The molecule has 0 bridgehead atoms. The Balaban J connectivity index is 1.57. The molecular weight excluding hydrogens is 496 g/mol. The van der Waals surface area contributed by atoms with E-state index in [9.17, 15) is 0 Å². The van der Waals surface area contributed by atoms with E-state index in [1.807, 2.05) is 0 Å². The first-order chi connectivity index (χ1) is 20.2. The Hall–Kier alpha value is -5.21. The molecule has 0 N–H and O–H groups in total. The summed E-state index contributed by atoms with van der Waals surface area (Å²) in [5.41, 5.74) is 13.3. The van der Waals surface area contributed by atoms with Crippen molar-refractivity contribution >= 4 is 10.9 Å². The van der Waals surface area contributed by atoms with Crippen molar-refractivity contribution in [3.8, 4) is 50.5 Å². The van der Waals surface area contributed by atoms with E-state index in [2.05, 4.69) is 175 Å². The molecular formula is C39H31N2+. The molecule has 2 heterocycles. The molecule has 0 spiro atoms. The number of aryl methyl sites for hydroxylation is 2. The zero-order valence-corrected chi connectivity index (χ0v) is 23.3. The van der Waals surface area contributed by atoms with Gasteiger partial charge in [-0.05, 0) is 41.3 Å². The van der Waals surface area contributed by atoms with Crippen molar-refractivity contribution in [3.63, 3.8) is 0 Å². The molecule has 0 unspecified atom stereocenters. The average molecular weight is 528 g/mol. The van der Waals surface area contributed by atoms with E-state index in [-0.39, 0.29) is 0 Å². The molecule has 0 radical (unpaired) electrons. The lowest BCUT2D eigenvalue weighted by molar-refractivity contribution is -0.660. The molecule has 0 saturated carbocycles. The molecule has 0 fully saturated rings. The van der Waals surface area contributed by atoms with Crippen molar-refractivity contribution in [1.82, 2.24) is 4.57 Å². The molecule has 0 aliphatic carbocycles. The van der Waals surface area contributed by atoms with Crippen molar-refractivity contribution in [2.45, 2.75) is 6.92 Å². The fourth-order valence-corrected chi connectivity index (χ4v) is 6.08. The second kappa shape index (κ2) is 10.4. The van der Waals surface area contributed by atoms with E-state index >= 15 is 0 Å². The summed E-state index contributed by atoms with van der Waals surface area (Å²) in [6.07, 6.45) is 2.24. The smallest absolute Gasteiger partial charge is 0.229 e. The summed E-state index contributed by atoms with van der Waals surface area (Å²) in [4.78, 5) is 0. The number of benzene rings is 5. The van der Waals surface area contributed by atoms with E-state index < -0.39 is 0 Å². The first-order valence-electron chi connectivity index (χ1n) is 14.1. The van der Waals surface area contributed by atoms with Crippen molar-refractivity contribution < 1.29 is 4.57 Å². The highest BCUT2D eigenvalue weighted by Gasteiger charge is 2.26. The quantitative estimate of drug-likeness (QED) is 0.197. The average Bonchev–Trinajstić information content (AvgIpc) is 3.33. The standard InChI is InChI=1S/C39H31N2/c1-28-33-21-12-13-24-36(33)41(38(28)37-26-25-32(27-40(37)2)29-15-6-3-7-16-29)39-34(30-17-8-4-9-18-30)22-14-23-35(39)31-19-10-5-11-20-31/h3-27H,1-2H3/q+1. The lowest BCUT2D eigenvalue weighted by Gasteiger charge is -2.20. The summed E-state index contributed by atoms with van der Waals surface area (Å²) in [7, 11) is 2.16. The number of hydrogen-bond acceptors (Lipinski definition) is 0. The number of hydrogen-bond donors (Lipinski definition) is 0. The fraction of sp³-hybridized carbons (Fsp3) is 0.0513. The van der Waals surface area contributed by atoms with Crippen LogP contribution in [-0.4, -0.2) is 4.57 Å². The van der Waals surface area contributed by atoms with Crippen LogP contribution in [0.2, 0.25) is 0 Å². The molecule has 2 nitrogen and oxygen atoms in total. The van der Waals surface area contributed by atoms with Crippen LogP contribution >= 0.6 is 0 Å². The van der Waals surface area contributed by atoms with E-state index in [4.69, 9.17) is 0 Å². The molecule has 2 heteroatoms. The van der Waals surface area contributed by atoms with Gasteiger partial charge in [0.15, 0.2) is 6.20 Å². The summed E-state index contributed by atoms with van der Waals surface area (Å²) in [5, 5.41) is 1.26. The SMILES string of the molecule is Cc1c(-c2ccc(-c3ccccc3)c[n+]2C)n(-c2c(-c3ccccc3)cccc2-c2ccccc2)c2ccccc12. The second-order valence-corrected chi connectivity index (χ2v) is 10.5. The van der Waals surface area contributed by atoms with Gasteiger partial charge < -0.3 is 4.57 Å². The van der Waals surface area contributed by atoms with Crippen LogP contribution in [0.4, 0.5) is 0 Å². The van der Waals surface area contributed by atoms with Crippen LogP contribution in [0, 0.1) is 6.92 Å². The van der Waals surface area contributed by atoms with Gasteiger partial charge >= 0.3 is 0 Å². The topological polar surface area (TPSA) is 8.81 Å². The maximum absolute atomic E-state index is 2.49. The van der Waals surface area contributed by atoms with E-state index in [0.717, 1.165) is 0 Å². The Morgan fingerprint density at radius 1 is 0.488 bits per heavy atom. The summed E-state index contributed by atoms with van der Waals surface area (Å²) >= 11 is 0. The fourth-order valence-electron chi connectivity index (χ4n) is 6.08. The first kappa shape index (κ1) is 24.8. The van der Waals surface area contributed by atoms with Gasteiger partial charge in [-0.25, -0.2) is 0 Å². The number of nitrogens with zero attached hydrogens (tertiary/aromatic N) is 2. The predicted octanol–water partition coefficient (Wildman–Crippen LogP) is 9.43. The van der Waals surface area contributed by atoms with Gasteiger partial charge in [0.05, 0.1) is 11.2 Å². The molecule has 0 amide bonds. The van der Waals surface area contributed by atoms with Gasteiger partial charge in [0.25, 0.3) is 0 Å². The summed E-state index contributed by atoms with van der Waals surface area (Å²) in [5.74, 6) is 0. The molecule has 0 saturated heterocycles. The maximum atomic E-state index is 2.49. The van der Waals surface area contributed by atoms with Crippen molar-refractivity contribution in [1.29, 1.82) is 0 Å². The lowest BCUT2D eigenvalue weighted by Crippen LogP contribution is -2.31. The Labute approximate surface area is 241 Å².